The Hall–Kier alpha value is -0.890. The largest absolute Gasteiger partial charge is 0.313 e. The topological polar surface area (TPSA) is 24.9 Å². The minimum absolute atomic E-state index is 0.456. The first-order chi connectivity index (χ1) is 6.27. The minimum Gasteiger partial charge on any atom is -0.313 e. The zero-order valence-corrected chi connectivity index (χ0v) is 8.67. The van der Waals surface area contributed by atoms with E-state index in [0.717, 1.165) is 0 Å². The monoisotopic (exact) mass is 178 g/mol. The molecule has 1 heterocycles. The third kappa shape index (κ3) is 2.81. The second kappa shape index (κ2) is 4.97. The Morgan fingerprint density at radius 1 is 1.46 bits per heavy atom. The number of nitrogens with zero attached hydrogens (tertiary/aromatic N) is 1. The molecule has 0 radical (unpaired) electrons. The van der Waals surface area contributed by atoms with Crippen LogP contribution in [0.2, 0.25) is 0 Å². The van der Waals surface area contributed by atoms with E-state index in [-0.39, 0.29) is 0 Å². The van der Waals surface area contributed by atoms with Crippen LogP contribution in [0.25, 0.3) is 0 Å². The van der Waals surface area contributed by atoms with Crippen molar-refractivity contribution < 1.29 is 0 Å². The molecule has 0 amide bonds. The molecule has 1 aromatic rings. The van der Waals surface area contributed by atoms with Gasteiger partial charge in [-0.1, -0.05) is 19.4 Å². The summed E-state index contributed by atoms with van der Waals surface area (Å²) in [6.07, 6.45) is 6.20. The lowest BCUT2D eigenvalue weighted by atomic mass is 10.0. The van der Waals surface area contributed by atoms with Crippen molar-refractivity contribution in [1.29, 1.82) is 0 Å². The van der Waals surface area contributed by atoms with Gasteiger partial charge in [-0.2, -0.15) is 0 Å². The molecule has 0 saturated heterocycles. The van der Waals surface area contributed by atoms with Crippen LogP contribution in [0, 0.1) is 6.92 Å². The molecule has 0 aliphatic carbocycles. The maximum atomic E-state index is 4.20. The number of hydrogen-bond donors (Lipinski definition) is 1. The fourth-order valence-electron chi connectivity index (χ4n) is 1.54. The number of nitrogens with one attached hydrogen (secondary N) is 1. The molecule has 1 atom stereocenters. The van der Waals surface area contributed by atoms with Crippen molar-refractivity contribution in [2.75, 3.05) is 7.05 Å². The van der Waals surface area contributed by atoms with Gasteiger partial charge in [-0.15, -0.1) is 0 Å². The van der Waals surface area contributed by atoms with Gasteiger partial charge in [-0.05, 0) is 31.5 Å². The summed E-state index contributed by atoms with van der Waals surface area (Å²) >= 11 is 0. The van der Waals surface area contributed by atoms with Crippen LogP contribution in [0.3, 0.4) is 0 Å². The maximum Gasteiger partial charge on any atom is 0.0332 e. The first-order valence-corrected chi connectivity index (χ1v) is 4.86. The van der Waals surface area contributed by atoms with Gasteiger partial charge in [0.05, 0.1) is 0 Å². The summed E-state index contributed by atoms with van der Waals surface area (Å²) in [4.78, 5) is 4.20. The highest BCUT2D eigenvalue weighted by atomic mass is 14.9. The predicted octanol–water partition coefficient (Wildman–Crippen LogP) is 2.45. The van der Waals surface area contributed by atoms with E-state index < -0.39 is 0 Å². The number of aryl methyl sites for hydroxylation is 1. The normalized spacial score (nSPS) is 12.8. The Balaban J connectivity index is 2.78. The Morgan fingerprint density at radius 3 is 2.77 bits per heavy atom. The summed E-state index contributed by atoms with van der Waals surface area (Å²) in [5, 5.41) is 3.31. The van der Waals surface area contributed by atoms with Crippen LogP contribution >= 0.6 is 0 Å². The molecule has 2 heteroatoms. The second-order valence-electron chi connectivity index (χ2n) is 3.43. The first-order valence-electron chi connectivity index (χ1n) is 4.86. The molecule has 1 rings (SSSR count). The molecule has 0 aromatic carbocycles. The van der Waals surface area contributed by atoms with Crippen molar-refractivity contribution in [3.63, 3.8) is 0 Å². The summed E-state index contributed by atoms with van der Waals surface area (Å²) in [5.41, 5.74) is 2.53. The average Bonchev–Trinajstić information content (AvgIpc) is 2.14. The van der Waals surface area contributed by atoms with E-state index in [1.165, 1.54) is 24.0 Å². The van der Waals surface area contributed by atoms with E-state index in [2.05, 4.69) is 30.2 Å². The van der Waals surface area contributed by atoms with Crippen LogP contribution in [-0.2, 0) is 0 Å². The molecule has 0 bridgehead atoms. The number of hydrogen-bond acceptors (Lipinski definition) is 2. The van der Waals surface area contributed by atoms with Gasteiger partial charge in [0, 0.05) is 18.4 Å². The Morgan fingerprint density at radius 2 is 2.23 bits per heavy atom. The summed E-state index contributed by atoms with van der Waals surface area (Å²) in [5.74, 6) is 0. The summed E-state index contributed by atoms with van der Waals surface area (Å²) in [6.45, 7) is 4.28. The zero-order valence-electron chi connectivity index (χ0n) is 8.67. The molecule has 72 valence electrons. The van der Waals surface area contributed by atoms with Crippen LogP contribution in [-0.4, -0.2) is 12.0 Å². The number of pyridine rings is 1. The van der Waals surface area contributed by atoms with E-state index >= 15 is 0 Å². The van der Waals surface area contributed by atoms with Crippen molar-refractivity contribution in [3.05, 3.63) is 29.6 Å². The summed E-state index contributed by atoms with van der Waals surface area (Å²) < 4.78 is 0. The first kappa shape index (κ1) is 10.2. The van der Waals surface area contributed by atoms with Gasteiger partial charge in [0.2, 0.25) is 0 Å². The summed E-state index contributed by atoms with van der Waals surface area (Å²) in [6, 6.07) is 2.65. The van der Waals surface area contributed by atoms with Crippen LogP contribution in [0.15, 0.2) is 18.5 Å². The van der Waals surface area contributed by atoms with Gasteiger partial charge in [0.25, 0.3) is 0 Å². The average molecular weight is 178 g/mol. The molecule has 13 heavy (non-hydrogen) atoms. The van der Waals surface area contributed by atoms with Crippen molar-refractivity contribution in [2.45, 2.75) is 32.7 Å². The van der Waals surface area contributed by atoms with E-state index in [0.29, 0.717) is 6.04 Å². The molecular formula is C11H18N2. The predicted molar refractivity (Wildman–Crippen MR) is 55.7 cm³/mol. The third-order valence-corrected chi connectivity index (χ3v) is 2.22. The van der Waals surface area contributed by atoms with Crippen molar-refractivity contribution in [3.8, 4) is 0 Å². The fourth-order valence-corrected chi connectivity index (χ4v) is 1.54. The number of rotatable bonds is 4. The second-order valence-corrected chi connectivity index (χ2v) is 3.43. The van der Waals surface area contributed by atoms with Crippen LogP contribution in [0.1, 0.15) is 36.9 Å². The van der Waals surface area contributed by atoms with Gasteiger partial charge in [0.15, 0.2) is 0 Å². The fraction of sp³-hybridized carbons (Fsp3) is 0.545. The molecule has 0 fully saturated rings. The molecule has 0 saturated carbocycles. The Bertz CT molecular complexity index is 258. The van der Waals surface area contributed by atoms with Crippen molar-refractivity contribution >= 4 is 0 Å². The lowest BCUT2D eigenvalue weighted by Crippen LogP contribution is -2.16. The smallest absolute Gasteiger partial charge is 0.0332 e. The van der Waals surface area contributed by atoms with Crippen LogP contribution in [0.5, 0.6) is 0 Å². The summed E-state index contributed by atoms with van der Waals surface area (Å²) in [7, 11) is 2.00. The van der Waals surface area contributed by atoms with E-state index in [9.17, 15) is 0 Å². The molecule has 1 unspecified atom stereocenters. The molecule has 1 N–H and O–H groups in total. The standard InChI is InChI=1S/C11H18N2/c1-4-5-11(12-3)10-6-9(2)7-13-8-10/h6-8,11-12H,4-5H2,1-3H3. The molecule has 0 aliphatic heterocycles. The lowest BCUT2D eigenvalue weighted by Gasteiger charge is -2.15. The molecular weight excluding hydrogens is 160 g/mol. The van der Waals surface area contributed by atoms with Crippen molar-refractivity contribution in [2.24, 2.45) is 0 Å². The maximum absolute atomic E-state index is 4.20. The highest BCUT2D eigenvalue weighted by Gasteiger charge is 2.07. The Labute approximate surface area is 80.4 Å². The third-order valence-electron chi connectivity index (χ3n) is 2.22. The molecule has 0 spiro atoms. The molecule has 0 aliphatic rings. The highest BCUT2D eigenvalue weighted by Crippen LogP contribution is 2.17. The van der Waals surface area contributed by atoms with E-state index in [4.69, 9.17) is 0 Å². The molecule has 2 nitrogen and oxygen atoms in total. The van der Waals surface area contributed by atoms with Gasteiger partial charge in [-0.25, -0.2) is 0 Å². The quantitative estimate of drug-likeness (QED) is 0.766. The van der Waals surface area contributed by atoms with Gasteiger partial charge < -0.3 is 5.32 Å². The Kier molecular flexibility index (Phi) is 3.90. The lowest BCUT2D eigenvalue weighted by molar-refractivity contribution is 0.539. The van der Waals surface area contributed by atoms with Crippen molar-refractivity contribution in [1.82, 2.24) is 10.3 Å². The van der Waals surface area contributed by atoms with E-state index in [1.54, 1.807) is 0 Å². The van der Waals surface area contributed by atoms with Gasteiger partial charge >= 0.3 is 0 Å². The number of aromatic nitrogens is 1. The van der Waals surface area contributed by atoms with Crippen LogP contribution < -0.4 is 5.32 Å². The van der Waals surface area contributed by atoms with Gasteiger partial charge in [0.1, 0.15) is 0 Å². The van der Waals surface area contributed by atoms with Gasteiger partial charge in [-0.3, -0.25) is 4.98 Å². The van der Waals surface area contributed by atoms with Crippen LogP contribution in [0.4, 0.5) is 0 Å². The minimum atomic E-state index is 0.456. The SMILES string of the molecule is CCCC(NC)c1cncc(C)c1. The molecule has 1 aromatic heterocycles. The van der Waals surface area contributed by atoms with E-state index in [1.807, 2.05) is 19.4 Å². The highest BCUT2D eigenvalue weighted by molar-refractivity contribution is 5.19. The zero-order chi connectivity index (χ0) is 9.68.